The average Bonchev–Trinajstić information content (AvgIpc) is 2.07. The molecule has 0 rings (SSSR count). The van der Waals surface area contributed by atoms with Crippen LogP contribution in [-0.2, 0) is 9.59 Å². The van der Waals surface area contributed by atoms with Gasteiger partial charge in [0.15, 0.2) is 0 Å². The predicted octanol–water partition coefficient (Wildman–Crippen LogP) is 4.27. The maximum atomic E-state index is 12.5. The normalized spacial score (nSPS) is 15.4. The Hall–Kier alpha value is -0.660. The summed E-state index contributed by atoms with van der Waals surface area (Å²) >= 11 is 0. The lowest BCUT2D eigenvalue weighted by Crippen LogP contribution is -2.39. The highest BCUT2D eigenvalue weighted by atomic mass is 16.1. The molecule has 1 atom stereocenters. The van der Waals surface area contributed by atoms with Gasteiger partial charge in [0.1, 0.15) is 11.6 Å². The van der Waals surface area contributed by atoms with Crippen LogP contribution in [-0.4, -0.2) is 11.6 Å². The van der Waals surface area contributed by atoms with Gasteiger partial charge in [-0.25, -0.2) is 0 Å². The minimum atomic E-state index is -0.393. The van der Waals surface area contributed by atoms with E-state index in [1.165, 1.54) is 0 Å². The van der Waals surface area contributed by atoms with Crippen LogP contribution in [0.3, 0.4) is 0 Å². The summed E-state index contributed by atoms with van der Waals surface area (Å²) in [6.45, 7) is 17.6. The van der Waals surface area contributed by atoms with E-state index in [2.05, 4.69) is 0 Å². The number of Topliss-reactive ketones (excluding diaryl/α,β-unsaturated/α-hetero) is 2. The van der Waals surface area contributed by atoms with Crippen molar-refractivity contribution in [2.24, 2.45) is 22.2 Å². The summed E-state index contributed by atoms with van der Waals surface area (Å²) in [4.78, 5) is 24.7. The molecule has 0 heterocycles. The molecule has 0 fully saturated rings. The fraction of sp³-hybridized carbons (Fsp3) is 0.875. The third-order valence-electron chi connectivity index (χ3n) is 3.33. The van der Waals surface area contributed by atoms with Crippen LogP contribution in [0.5, 0.6) is 0 Å². The number of carbonyl (C=O) groups is 2. The van der Waals surface area contributed by atoms with Crippen molar-refractivity contribution in [3.05, 3.63) is 0 Å². The van der Waals surface area contributed by atoms with Crippen LogP contribution in [0.4, 0.5) is 0 Å². The Morgan fingerprint density at radius 3 is 1.39 bits per heavy atom. The van der Waals surface area contributed by atoms with Gasteiger partial charge in [-0.15, -0.1) is 0 Å². The lowest BCUT2D eigenvalue weighted by molar-refractivity contribution is -0.139. The SMILES string of the molecule is CC(C)(C)C(=O)CC(C(=O)C(C)(C)C)C(C)(C)C. The highest BCUT2D eigenvalue weighted by Gasteiger charge is 2.39. The Bertz CT molecular complexity index is 318. The number of hydrogen-bond donors (Lipinski definition) is 0. The maximum absolute atomic E-state index is 12.5. The molecule has 1 unspecified atom stereocenters. The standard InChI is InChI=1S/C16H30O2/c1-14(2,3)11(13(18)16(7,8)9)10-12(17)15(4,5)6/h11H,10H2,1-9H3. The molecule has 0 bridgehead atoms. The van der Waals surface area contributed by atoms with Gasteiger partial charge < -0.3 is 0 Å². The zero-order valence-corrected chi connectivity index (χ0v) is 13.6. The van der Waals surface area contributed by atoms with Crippen molar-refractivity contribution < 1.29 is 9.59 Å². The van der Waals surface area contributed by atoms with Crippen molar-refractivity contribution in [1.29, 1.82) is 0 Å². The summed E-state index contributed by atoms with van der Waals surface area (Å²) < 4.78 is 0. The van der Waals surface area contributed by atoms with E-state index in [1.54, 1.807) is 0 Å². The van der Waals surface area contributed by atoms with E-state index < -0.39 is 5.41 Å². The second-order valence-electron chi connectivity index (χ2n) is 8.41. The summed E-state index contributed by atoms with van der Waals surface area (Å²) in [5.41, 5.74) is -0.941. The van der Waals surface area contributed by atoms with Gasteiger partial charge in [-0.05, 0) is 5.41 Å². The summed E-state index contributed by atoms with van der Waals surface area (Å²) in [6, 6.07) is 0. The summed E-state index contributed by atoms with van der Waals surface area (Å²) in [7, 11) is 0. The van der Waals surface area contributed by atoms with Crippen molar-refractivity contribution in [2.45, 2.75) is 68.7 Å². The minimum absolute atomic E-state index is 0.167. The fourth-order valence-electron chi connectivity index (χ4n) is 1.81. The summed E-state index contributed by atoms with van der Waals surface area (Å²) in [5, 5.41) is 0. The van der Waals surface area contributed by atoms with Crippen LogP contribution in [0.15, 0.2) is 0 Å². The van der Waals surface area contributed by atoms with E-state index in [0.717, 1.165) is 0 Å². The van der Waals surface area contributed by atoms with Crippen molar-refractivity contribution in [1.82, 2.24) is 0 Å². The quantitative estimate of drug-likeness (QED) is 0.753. The second-order valence-corrected chi connectivity index (χ2v) is 8.41. The first kappa shape index (κ1) is 17.3. The molecule has 0 saturated heterocycles. The molecule has 0 aromatic rings. The smallest absolute Gasteiger partial charge is 0.142 e. The molecule has 0 saturated carbocycles. The molecule has 0 aliphatic rings. The molecule has 0 amide bonds. The van der Waals surface area contributed by atoms with E-state index in [9.17, 15) is 9.59 Å². The van der Waals surface area contributed by atoms with Crippen LogP contribution < -0.4 is 0 Å². The Balaban J connectivity index is 5.19. The van der Waals surface area contributed by atoms with Crippen LogP contribution in [0, 0.1) is 22.2 Å². The van der Waals surface area contributed by atoms with E-state index in [0.29, 0.717) is 6.42 Å². The van der Waals surface area contributed by atoms with Crippen LogP contribution in [0.2, 0.25) is 0 Å². The molecule has 0 spiro atoms. The summed E-state index contributed by atoms with van der Waals surface area (Å²) in [5.74, 6) is 0.150. The van der Waals surface area contributed by atoms with E-state index in [-0.39, 0.29) is 28.3 Å². The minimum Gasteiger partial charge on any atom is -0.299 e. The van der Waals surface area contributed by atoms with E-state index in [1.807, 2.05) is 62.3 Å². The molecule has 0 aromatic heterocycles. The van der Waals surface area contributed by atoms with Crippen molar-refractivity contribution in [3.8, 4) is 0 Å². The predicted molar refractivity (Wildman–Crippen MR) is 76.5 cm³/mol. The molecule has 0 radical (unpaired) electrons. The zero-order chi connectivity index (χ0) is 14.9. The van der Waals surface area contributed by atoms with Gasteiger partial charge in [0, 0.05) is 23.2 Å². The monoisotopic (exact) mass is 254 g/mol. The van der Waals surface area contributed by atoms with Gasteiger partial charge in [-0.2, -0.15) is 0 Å². The third kappa shape index (κ3) is 4.91. The highest BCUT2D eigenvalue weighted by molar-refractivity contribution is 5.93. The van der Waals surface area contributed by atoms with E-state index in [4.69, 9.17) is 0 Å². The molecule has 0 aliphatic heterocycles. The zero-order valence-electron chi connectivity index (χ0n) is 13.6. The number of carbonyl (C=O) groups excluding carboxylic acids is 2. The topological polar surface area (TPSA) is 34.1 Å². The number of hydrogen-bond acceptors (Lipinski definition) is 2. The van der Waals surface area contributed by atoms with Gasteiger partial charge >= 0.3 is 0 Å². The molecule has 18 heavy (non-hydrogen) atoms. The van der Waals surface area contributed by atoms with Crippen molar-refractivity contribution >= 4 is 11.6 Å². The molecular weight excluding hydrogens is 224 g/mol. The van der Waals surface area contributed by atoms with Crippen molar-refractivity contribution in [3.63, 3.8) is 0 Å². The number of ketones is 2. The molecule has 2 nitrogen and oxygen atoms in total. The molecule has 0 aromatic carbocycles. The van der Waals surface area contributed by atoms with Gasteiger partial charge in [0.25, 0.3) is 0 Å². The molecule has 0 aliphatic carbocycles. The summed E-state index contributed by atoms with van der Waals surface area (Å²) in [6.07, 6.45) is 0.350. The Labute approximate surface area is 113 Å². The fourth-order valence-corrected chi connectivity index (χ4v) is 1.81. The van der Waals surface area contributed by atoms with Crippen LogP contribution >= 0.6 is 0 Å². The molecule has 2 heteroatoms. The van der Waals surface area contributed by atoms with Crippen LogP contribution in [0.1, 0.15) is 68.7 Å². The largest absolute Gasteiger partial charge is 0.299 e. The van der Waals surface area contributed by atoms with Gasteiger partial charge in [-0.1, -0.05) is 62.3 Å². The Morgan fingerprint density at radius 2 is 1.17 bits per heavy atom. The molecular formula is C16H30O2. The maximum Gasteiger partial charge on any atom is 0.142 e. The second kappa shape index (κ2) is 5.14. The van der Waals surface area contributed by atoms with Gasteiger partial charge in [0.2, 0.25) is 0 Å². The Kier molecular flexibility index (Phi) is 4.96. The Morgan fingerprint density at radius 1 is 0.778 bits per heavy atom. The average molecular weight is 254 g/mol. The lowest BCUT2D eigenvalue weighted by atomic mass is 9.67. The van der Waals surface area contributed by atoms with Gasteiger partial charge in [-0.3, -0.25) is 9.59 Å². The molecule has 106 valence electrons. The third-order valence-corrected chi connectivity index (χ3v) is 3.33. The number of rotatable bonds is 3. The lowest BCUT2D eigenvalue weighted by Gasteiger charge is -2.35. The van der Waals surface area contributed by atoms with Gasteiger partial charge in [0.05, 0.1) is 0 Å². The van der Waals surface area contributed by atoms with Crippen LogP contribution in [0.25, 0.3) is 0 Å². The van der Waals surface area contributed by atoms with Crippen molar-refractivity contribution in [2.75, 3.05) is 0 Å². The highest BCUT2D eigenvalue weighted by Crippen LogP contribution is 2.37. The van der Waals surface area contributed by atoms with E-state index >= 15 is 0 Å². The first-order valence-corrected chi connectivity index (χ1v) is 6.75. The first-order valence-electron chi connectivity index (χ1n) is 6.75. The first-order chi connectivity index (χ1) is 7.67. The molecule has 0 N–H and O–H groups in total.